The third-order valence-corrected chi connectivity index (χ3v) is 3.85. The van der Waals surface area contributed by atoms with Crippen molar-refractivity contribution in [2.75, 3.05) is 14.1 Å². The summed E-state index contributed by atoms with van der Waals surface area (Å²) in [6.45, 7) is 3.32. The van der Waals surface area contributed by atoms with E-state index in [1.807, 2.05) is 0 Å². The summed E-state index contributed by atoms with van der Waals surface area (Å²) in [5.41, 5.74) is 0.340. The zero-order valence-electron chi connectivity index (χ0n) is 14.2. The summed E-state index contributed by atoms with van der Waals surface area (Å²) in [6, 6.07) is 13.8. The van der Waals surface area contributed by atoms with Gasteiger partial charge in [0.15, 0.2) is 0 Å². The average molecular weight is 327 g/mol. The fraction of sp³-hybridized carbons (Fsp3) is 0.263. The van der Waals surface area contributed by atoms with Gasteiger partial charge < -0.3 is 14.7 Å². The minimum atomic E-state index is -0.952. The van der Waals surface area contributed by atoms with Gasteiger partial charge in [0.1, 0.15) is 11.5 Å². The predicted molar refractivity (Wildman–Crippen MR) is 91.6 cm³/mol. The Hall–Kier alpha value is -2.82. The van der Waals surface area contributed by atoms with Crippen LogP contribution < -0.4 is 4.74 Å². The summed E-state index contributed by atoms with van der Waals surface area (Å²) in [7, 11) is 3.40. The Morgan fingerprint density at radius 3 is 1.79 bits per heavy atom. The summed E-state index contributed by atoms with van der Waals surface area (Å²) in [5.74, 6) is 0.265. The van der Waals surface area contributed by atoms with Gasteiger partial charge in [-0.15, -0.1) is 0 Å². The van der Waals surface area contributed by atoms with Gasteiger partial charge in [-0.1, -0.05) is 12.1 Å². The summed E-state index contributed by atoms with van der Waals surface area (Å²) >= 11 is 0. The lowest BCUT2D eigenvalue weighted by molar-refractivity contribution is -0.142. The predicted octanol–water partition coefficient (Wildman–Crippen LogP) is 3.54. The molecule has 0 saturated heterocycles. The topological polar surface area (TPSA) is 66.8 Å². The third-order valence-electron chi connectivity index (χ3n) is 3.85. The molecule has 24 heavy (non-hydrogen) atoms. The van der Waals surface area contributed by atoms with Gasteiger partial charge in [0.2, 0.25) is 0 Å². The molecule has 126 valence electrons. The van der Waals surface area contributed by atoms with Crippen molar-refractivity contribution in [3.8, 4) is 11.5 Å². The molecule has 0 aliphatic rings. The Morgan fingerprint density at radius 1 is 0.917 bits per heavy atom. The molecule has 2 aromatic rings. The molecule has 2 rings (SSSR count). The maximum absolute atomic E-state index is 11.8. The van der Waals surface area contributed by atoms with Crippen molar-refractivity contribution in [2.45, 2.75) is 19.3 Å². The van der Waals surface area contributed by atoms with E-state index < -0.39 is 11.4 Å². The van der Waals surface area contributed by atoms with Crippen LogP contribution in [0.5, 0.6) is 11.5 Å². The second-order valence-electron chi connectivity index (χ2n) is 6.28. The molecule has 0 aromatic heterocycles. The van der Waals surface area contributed by atoms with Crippen molar-refractivity contribution >= 4 is 11.9 Å². The highest BCUT2D eigenvalue weighted by Gasteiger charge is 2.29. The van der Waals surface area contributed by atoms with Crippen molar-refractivity contribution in [1.82, 2.24) is 4.90 Å². The Morgan fingerprint density at radius 2 is 1.38 bits per heavy atom. The highest BCUT2D eigenvalue weighted by Crippen LogP contribution is 2.27. The lowest BCUT2D eigenvalue weighted by Gasteiger charge is -2.19. The van der Waals surface area contributed by atoms with E-state index >= 15 is 0 Å². The molecule has 0 radical (unpaired) electrons. The van der Waals surface area contributed by atoms with E-state index in [1.54, 1.807) is 76.5 Å². The molecule has 0 atom stereocenters. The van der Waals surface area contributed by atoms with Crippen LogP contribution in [-0.2, 0) is 10.2 Å². The number of benzene rings is 2. The number of hydrogen-bond donors (Lipinski definition) is 1. The van der Waals surface area contributed by atoms with E-state index in [9.17, 15) is 14.7 Å². The van der Waals surface area contributed by atoms with E-state index in [-0.39, 0.29) is 5.91 Å². The molecule has 1 N–H and O–H groups in total. The monoisotopic (exact) mass is 327 g/mol. The molecule has 2 aromatic carbocycles. The van der Waals surface area contributed by atoms with E-state index in [2.05, 4.69) is 0 Å². The number of hydrogen-bond acceptors (Lipinski definition) is 3. The van der Waals surface area contributed by atoms with E-state index in [1.165, 1.54) is 4.90 Å². The molecule has 5 nitrogen and oxygen atoms in total. The number of carboxylic acid groups (broad SMARTS) is 1. The fourth-order valence-electron chi connectivity index (χ4n) is 2.12. The molecule has 0 aliphatic heterocycles. The van der Waals surface area contributed by atoms with Crippen molar-refractivity contribution < 1.29 is 19.4 Å². The Bertz CT molecular complexity index is 731. The minimum Gasteiger partial charge on any atom is -0.481 e. The smallest absolute Gasteiger partial charge is 0.313 e. The first-order valence-electron chi connectivity index (χ1n) is 7.55. The van der Waals surface area contributed by atoms with Crippen LogP contribution in [0.25, 0.3) is 0 Å². The standard InChI is InChI=1S/C19H21NO4/c1-19(2,18(22)23)14-7-11-16(12-8-14)24-15-9-5-13(6-10-15)17(21)20(3)4/h5-12H,1-4H3,(H,22,23). The summed E-state index contributed by atoms with van der Waals surface area (Å²) in [6.07, 6.45) is 0. The third kappa shape index (κ3) is 3.74. The number of amides is 1. The molecule has 0 saturated carbocycles. The van der Waals surface area contributed by atoms with Gasteiger partial charge in [-0.2, -0.15) is 0 Å². The van der Waals surface area contributed by atoms with E-state index in [0.29, 0.717) is 22.6 Å². The van der Waals surface area contributed by atoms with Crippen LogP contribution in [0.3, 0.4) is 0 Å². The molecule has 5 heteroatoms. The van der Waals surface area contributed by atoms with Crippen molar-refractivity contribution in [2.24, 2.45) is 0 Å². The summed E-state index contributed by atoms with van der Waals surface area (Å²) in [5, 5.41) is 9.25. The van der Waals surface area contributed by atoms with Gasteiger partial charge in [-0.25, -0.2) is 0 Å². The molecular formula is C19H21NO4. The molecule has 0 aliphatic carbocycles. The second-order valence-corrected chi connectivity index (χ2v) is 6.28. The van der Waals surface area contributed by atoms with Crippen LogP contribution in [0.15, 0.2) is 48.5 Å². The summed E-state index contributed by atoms with van der Waals surface area (Å²) in [4.78, 5) is 24.6. The highest BCUT2D eigenvalue weighted by atomic mass is 16.5. The fourth-order valence-corrected chi connectivity index (χ4v) is 2.12. The van der Waals surface area contributed by atoms with Crippen molar-refractivity contribution in [3.05, 3.63) is 59.7 Å². The summed E-state index contributed by atoms with van der Waals surface area (Å²) < 4.78 is 5.73. The van der Waals surface area contributed by atoms with Crippen LogP contribution in [0, 0.1) is 0 Å². The normalized spacial score (nSPS) is 11.0. The first-order valence-corrected chi connectivity index (χ1v) is 7.55. The lowest BCUT2D eigenvalue weighted by Crippen LogP contribution is -2.28. The molecule has 0 unspecified atom stereocenters. The van der Waals surface area contributed by atoms with Gasteiger partial charge in [-0.3, -0.25) is 9.59 Å². The maximum Gasteiger partial charge on any atom is 0.313 e. The molecule has 0 spiro atoms. The zero-order valence-corrected chi connectivity index (χ0v) is 14.2. The zero-order chi connectivity index (χ0) is 17.9. The van der Waals surface area contributed by atoms with Gasteiger partial charge in [0.05, 0.1) is 5.41 Å². The van der Waals surface area contributed by atoms with Gasteiger partial charge in [-0.05, 0) is 55.8 Å². The Kier molecular flexibility index (Phi) is 4.93. The van der Waals surface area contributed by atoms with E-state index in [4.69, 9.17) is 4.74 Å². The van der Waals surface area contributed by atoms with Gasteiger partial charge in [0, 0.05) is 19.7 Å². The first kappa shape index (κ1) is 17.5. The van der Waals surface area contributed by atoms with Crippen molar-refractivity contribution in [1.29, 1.82) is 0 Å². The number of carbonyl (C=O) groups is 2. The number of ether oxygens (including phenoxy) is 1. The van der Waals surface area contributed by atoms with Crippen LogP contribution >= 0.6 is 0 Å². The van der Waals surface area contributed by atoms with E-state index in [0.717, 1.165) is 0 Å². The molecule has 1 amide bonds. The van der Waals surface area contributed by atoms with Crippen LogP contribution in [-0.4, -0.2) is 36.0 Å². The SMILES string of the molecule is CN(C)C(=O)c1ccc(Oc2ccc(C(C)(C)C(=O)O)cc2)cc1. The average Bonchev–Trinajstić information content (AvgIpc) is 2.55. The van der Waals surface area contributed by atoms with Crippen LogP contribution in [0.2, 0.25) is 0 Å². The quantitative estimate of drug-likeness (QED) is 0.912. The van der Waals surface area contributed by atoms with Crippen LogP contribution in [0.4, 0.5) is 0 Å². The largest absolute Gasteiger partial charge is 0.481 e. The Balaban J connectivity index is 2.12. The molecule has 0 heterocycles. The van der Waals surface area contributed by atoms with Crippen molar-refractivity contribution in [3.63, 3.8) is 0 Å². The molecule has 0 fully saturated rings. The Labute approximate surface area is 141 Å². The number of rotatable bonds is 5. The molecule has 0 bridgehead atoms. The van der Waals surface area contributed by atoms with Gasteiger partial charge >= 0.3 is 5.97 Å². The van der Waals surface area contributed by atoms with Crippen LogP contribution in [0.1, 0.15) is 29.8 Å². The molecular weight excluding hydrogens is 306 g/mol. The number of aliphatic carboxylic acids is 1. The number of carbonyl (C=O) groups excluding carboxylic acids is 1. The maximum atomic E-state index is 11.8. The lowest BCUT2D eigenvalue weighted by atomic mass is 9.85. The number of nitrogens with zero attached hydrogens (tertiary/aromatic N) is 1. The highest BCUT2D eigenvalue weighted by molar-refractivity contribution is 5.93. The first-order chi connectivity index (χ1) is 11.2. The van der Waals surface area contributed by atoms with Gasteiger partial charge in [0.25, 0.3) is 5.91 Å². The number of carboxylic acids is 1. The second kappa shape index (κ2) is 6.74. The minimum absolute atomic E-state index is 0.0678.